The van der Waals surface area contributed by atoms with Gasteiger partial charge in [0.05, 0.1) is 0 Å². The second kappa shape index (κ2) is 1.22. The van der Waals surface area contributed by atoms with Gasteiger partial charge in [-0.1, -0.05) is 0 Å². The van der Waals surface area contributed by atoms with Crippen LogP contribution in [0.2, 0.25) is 0 Å². The van der Waals surface area contributed by atoms with E-state index in [2.05, 4.69) is 9.53 Å². The number of hydrogen-bond acceptors (Lipinski definition) is 1. The van der Waals surface area contributed by atoms with Gasteiger partial charge in [0.25, 0.3) is 0 Å². The summed E-state index contributed by atoms with van der Waals surface area (Å²) in [5, 5.41) is 4.09. The Labute approximate surface area is 37.6 Å². The first-order chi connectivity index (χ1) is 3.43. The molecule has 0 saturated heterocycles. The van der Waals surface area contributed by atoms with E-state index in [9.17, 15) is 0 Å². The van der Waals surface area contributed by atoms with Crippen LogP contribution in [0.25, 0.3) is 0 Å². The fraction of sp³-hybridized carbons (Fsp3) is 0.250. The minimum atomic E-state index is -0.264. The van der Waals surface area contributed by atoms with E-state index in [-0.39, 0.29) is 6.10 Å². The fourth-order valence-corrected chi connectivity index (χ4v) is 0.291. The maximum absolute atomic E-state index is 6.34. The Balaban J connectivity index is 2.22. The largest absolute Gasteiger partial charge is 0.433 e. The molecule has 0 spiro atoms. The van der Waals surface area contributed by atoms with Crippen molar-refractivity contribution < 1.29 is 9.53 Å². The van der Waals surface area contributed by atoms with Crippen LogP contribution in [-0.4, -0.2) is 18.9 Å². The van der Waals surface area contributed by atoms with Gasteiger partial charge in [0, 0.05) is 6.29 Å². The van der Waals surface area contributed by atoms with Crippen molar-refractivity contribution >= 4 is 6.29 Å². The van der Waals surface area contributed by atoms with Crippen molar-refractivity contribution in [1.82, 2.24) is 0 Å². The van der Waals surface area contributed by atoms with E-state index in [4.69, 9.17) is 1.43 Å². The van der Waals surface area contributed by atoms with Gasteiger partial charge in [-0.3, -0.25) is 0 Å². The van der Waals surface area contributed by atoms with Crippen molar-refractivity contribution in [2.75, 3.05) is 0 Å². The molecule has 34 valence electrons. The van der Waals surface area contributed by atoms with E-state index in [1.807, 2.05) is 0 Å². The van der Waals surface area contributed by atoms with Gasteiger partial charge in [-0.2, -0.15) is 0 Å². The minimum absolute atomic E-state index is 0.264. The molecule has 0 fully saturated rings. The zero-order valence-corrected chi connectivity index (χ0v) is 3.13. The fourth-order valence-electron chi connectivity index (χ4n) is 0.291. The molecule has 1 aliphatic rings. The summed E-state index contributed by atoms with van der Waals surface area (Å²) < 4.78 is 10.9. The highest BCUT2D eigenvalue weighted by Gasteiger charge is 1.93. The van der Waals surface area contributed by atoms with Gasteiger partial charge in [-0.15, -0.1) is 0 Å². The van der Waals surface area contributed by atoms with E-state index >= 15 is 0 Å². The maximum atomic E-state index is 6.34. The van der Waals surface area contributed by atoms with Crippen LogP contribution in [0.1, 0.15) is 0 Å². The average molecular weight is 86.1 g/mol. The molecular weight excluding hydrogens is 80.0 g/mol. The summed E-state index contributed by atoms with van der Waals surface area (Å²) in [5.41, 5.74) is 0. The van der Waals surface area contributed by atoms with Gasteiger partial charge in [0.2, 0.25) is 1.43 Å². The first kappa shape index (κ1) is 2.53. The van der Waals surface area contributed by atoms with Crippen LogP contribution in [-0.2, 0) is 4.42 Å². The quantitative estimate of drug-likeness (QED) is 0.259. The lowest BCUT2D eigenvalue weighted by molar-refractivity contribution is -0.403. The maximum Gasteiger partial charge on any atom is 0.206 e. The Bertz CT molecular complexity index is 73.8. The molecule has 1 aliphatic heterocycles. The molecule has 0 aliphatic carbocycles. The highest BCUT2D eigenvalue weighted by Crippen LogP contribution is 1.95. The average Bonchev–Trinajstić information content (AvgIpc) is 2.14. The lowest BCUT2D eigenvalue weighted by Gasteiger charge is -2.01. The lowest BCUT2D eigenvalue weighted by atomic mass is 10.3. The van der Waals surface area contributed by atoms with Gasteiger partial charge in [-0.05, 0) is 6.10 Å². The molecule has 0 bridgehead atoms. The van der Waals surface area contributed by atoms with Crippen molar-refractivity contribution in [2.45, 2.75) is 6.10 Å². The highest BCUT2D eigenvalue weighted by molar-refractivity contribution is 5.64. The summed E-state index contributed by atoms with van der Waals surface area (Å²) >= 11 is 0. The van der Waals surface area contributed by atoms with Crippen molar-refractivity contribution in [3.63, 3.8) is 0 Å². The van der Waals surface area contributed by atoms with Gasteiger partial charge in [0.15, 0.2) is 0 Å². The number of carbonyl (C=O) groups excluding carboxylic acids is 1. The molecular formula is C4H5O2-. The first-order valence-corrected chi connectivity index (χ1v) is 1.71. The predicted molar refractivity (Wildman–Crippen MR) is 20.7 cm³/mol. The van der Waals surface area contributed by atoms with Gasteiger partial charge in [-0.25, -0.2) is 0 Å². The van der Waals surface area contributed by atoms with Crippen LogP contribution in [0, 0.1) is 13.0 Å². The Morgan fingerprint density at radius 3 is 3.50 bits per heavy atom. The van der Waals surface area contributed by atoms with Gasteiger partial charge >= 0.3 is 0 Å². The summed E-state index contributed by atoms with van der Waals surface area (Å²) in [5.74, 6) is 0. The van der Waals surface area contributed by atoms with Crippen LogP contribution in [0.3, 0.4) is 0 Å². The molecule has 1 heterocycles. The smallest absolute Gasteiger partial charge is 0.206 e. The third kappa shape index (κ3) is 0.466. The molecule has 1 N–H and O–H groups in total. The van der Waals surface area contributed by atoms with E-state index in [0.717, 1.165) is 0 Å². The van der Waals surface area contributed by atoms with Crippen LogP contribution in [0.5, 0.6) is 0 Å². The van der Waals surface area contributed by atoms with Gasteiger partial charge in [0.1, 0.15) is 6.61 Å². The molecule has 1 rings (SSSR count). The molecule has 1 atom stereocenters. The Kier molecular flexibility index (Phi) is 0.515. The molecule has 0 aromatic rings. The van der Waals surface area contributed by atoms with Crippen LogP contribution in [0.4, 0.5) is 0 Å². The van der Waals surface area contributed by atoms with E-state index < -0.39 is 0 Å². The SMILES string of the molecule is [2H]OC1[CH-]C=[O+][CH-]1. The van der Waals surface area contributed by atoms with Gasteiger partial charge < -0.3 is 16.0 Å². The van der Waals surface area contributed by atoms with Crippen molar-refractivity contribution in [3.8, 4) is 0 Å². The number of aliphatic hydroxyl groups is 1. The van der Waals surface area contributed by atoms with E-state index in [1.54, 1.807) is 6.42 Å². The molecule has 1 unspecified atom stereocenters. The Morgan fingerprint density at radius 1 is 2.17 bits per heavy atom. The zero-order valence-electron chi connectivity index (χ0n) is 4.13. The monoisotopic (exact) mass is 86.0 g/mol. The summed E-state index contributed by atoms with van der Waals surface area (Å²) in [6.45, 7) is 1.44. The molecule has 0 saturated carbocycles. The van der Waals surface area contributed by atoms with Crippen LogP contribution in [0.15, 0.2) is 0 Å². The molecule has 6 heavy (non-hydrogen) atoms. The highest BCUT2D eigenvalue weighted by atomic mass is 16.4. The molecule has 0 aromatic carbocycles. The Morgan fingerprint density at radius 2 is 3.17 bits per heavy atom. The van der Waals surface area contributed by atoms with Crippen LogP contribution < -0.4 is 0 Å². The molecule has 0 amide bonds. The predicted octanol–water partition coefficient (Wildman–Crippen LogP) is -0.538. The minimum Gasteiger partial charge on any atom is -0.433 e. The van der Waals surface area contributed by atoms with Crippen molar-refractivity contribution in [1.29, 1.82) is 1.43 Å². The topological polar surface area (TPSA) is 31.5 Å². The number of aliphatic hydroxyl groups excluding tert-OH is 1. The lowest BCUT2D eigenvalue weighted by Crippen LogP contribution is -1.99. The first-order valence-electron chi connectivity index (χ1n) is 2.12. The molecule has 0 aromatic heterocycles. The van der Waals surface area contributed by atoms with Crippen molar-refractivity contribution in [3.05, 3.63) is 13.0 Å². The molecule has 2 nitrogen and oxygen atoms in total. The third-order valence-electron chi connectivity index (χ3n) is 0.560. The normalized spacial score (nSPS) is 31.3. The summed E-state index contributed by atoms with van der Waals surface area (Å²) in [6, 6.07) is 0. The molecule has 2 heteroatoms. The number of aldehydes is 1. The molecule has 0 radical (unpaired) electrons. The Hall–Kier alpha value is -0.630. The zero-order chi connectivity index (χ0) is 5.11. The van der Waals surface area contributed by atoms with Crippen molar-refractivity contribution in [2.24, 2.45) is 0 Å². The van der Waals surface area contributed by atoms with E-state index in [0.29, 0.717) is 0 Å². The van der Waals surface area contributed by atoms with Crippen LogP contribution >= 0.6 is 0 Å². The number of hydrogen-bond donors (Lipinski definition) is 1. The second-order valence-electron chi connectivity index (χ2n) is 1.07. The summed E-state index contributed by atoms with van der Waals surface area (Å²) in [7, 11) is 0. The third-order valence-corrected chi connectivity index (χ3v) is 0.560. The number of rotatable bonds is 1. The summed E-state index contributed by atoms with van der Waals surface area (Å²) in [4.78, 5) is 0. The van der Waals surface area contributed by atoms with E-state index in [1.165, 1.54) is 12.9 Å². The second-order valence-corrected chi connectivity index (χ2v) is 1.07. The summed E-state index contributed by atoms with van der Waals surface area (Å²) in [6.07, 6.45) is 2.87. The standard InChI is InChI=1S/C4H5O2/c5-4-1-2-6-3-4/h1-5H/q-1/i5D.